The van der Waals surface area contributed by atoms with Gasteiger partial charge in [-0.15, -0.1) is 11.3 Å². The van der Waals surface area contributed by atoms with E-state index in [1.807, 2.05) is 35.7 Å². The smallest absolute Gasteiger partial charge is 0.323 e. The molecule has 2 aromatic rings. The van der Waals surface area contributed by atoms with E-state index in [0.29, 0.717) is 30.5 Å². The van der Waals surface area contributed by atoms with Crippen LogP contribution in [0.15, 0.2) is 35.7 Å². The van der Waals surface area contributed by atoms with Crippen molar-refractivity contribution in [1.29, 1.82) is 0 Å². The molecule has 1 aliphatic carbocycles. The van der Waals surface area contributed by atoms with Crippen LogP contribution in [0.3, 0.4) is 0 Å². The molecule has 8 heteroatoms. The van der Waals surface area contributed by atoms with Crippen LogP contribution in [0.5, 0.6) is 0 Å². The number of anilines is 1. The molecule has 0 radical (unpaired) electrons. The van der Waals surface area contributed by atoms with E-state index in [1.54, 1.807) is 4.90 Å². The molecule has 2 fully saturated rings. The van der Waals surface area contributed by atoms with Gasteiger partial charge in [-0.25, -0.2) is 9.78 Å². The van der Waals surface area contributed by atoms with E-state index >= 15 is 0 Å². The second kappa shape index (κ2) is 9.37. The Balaban J connectivity index is 1.28. The molecule has 1 aromatic heterocycles. The molecule has 1 aromatic carbocycles. The third-order valence-corrected chi connectivity index (χ3v) is 6.21. The SMILES string of the molecule is O=C(Cc1csc(N2CCCNC2=O)n1)N[C@H]1CCC[C@H]1OCc1ccccc1. The third kappa shape index (κ3) is 5.13. The van der Waals surface area contributed by atoms with Crippen LogP contribution in [-0.2, 0) is 22.6 Å². The minimum Gasteiger partial charge on any atom is -0.371 e. The molecule has 1 saturated carbocycles. The van der Waals surface area contributed by atoms with Gasteiger partial charge in [0.25, 0.3) is 0 Å². The number of thiazole rings is 1. The van der Waals surface area contributed by atoms with Gasteiger partial charge in [0.1, 0.15) is 0 Å². The lowest BCUT2D eigenvalue weighted by molar-refractivity contribution is -0.122. The minimum atomic E-state index is -0.119. The fraction of sp³-hybridized carbons (Fsp3) is 0.476. The van der Waals surface area contributed by atoms with E-state index < -0.39 is 0 Å². The minimum absolute atomic E-state index is 0.0391. The lowest BCUT2D eigenvalue weighted by Gasteiger charge is -2.24. The normalized spacial score (nSPS) is 21.8. The Kier molecular flexibility index (Phi) is 6.41. The van der Waals surface area contributed by atoms with E-state index in [2.05, 4.69) is 15.6 Å². The molecule has 7 nitrogen and oxygen atoms in total. The zero-order chi connectivity index (χ0) is 20.1. The van der Waals surface area contributed by atoms with Crippen molar-refractivity contribution in [3.05, 3.63) is 47.0 Å². The molecular formula is C21H26N4O3S. The van der Waals surface area contributed by atoms with Crippen molar-refractivity contribution < 1.29 is 14.3 Å². The fourth-order valence-corrected chi connectivity index (χ4v) is 4.65. The Bertz CT molecular complexity index is 841. The predicted octanol–water partition coefficient (Wildman–Crippen LogP) is 2.86. The summed E-state index contributed by atoms with van der Waals surface area (Å²) in [7, 11) is 0. The number of nitrogens with one attached hydrogen (secondary N) is 2. The number of amides is 3. The van der Waals surface area contributed by atoms with Gasteiger partial charge in [-0.1, -0.05) is 30.3 Å². The number of ether oxygens (including phenoxy) is 1. The maximum atomic E-state index is 12.5. The largest absolute Gasteiger partial charge is 0.371 e. The Morgan fingerprint density at radius 3 is 2.97 bits per heavy atom. The number of rotatable bonds is 7. The van der Waals surface area contributed by atoms with E-state index in [4.69, 9.17) is 4.74 Å². The molecule has 0 spiro atoms. The first-order chi connectivity index (χ1) is 14.2. The average molecular weight is 415 g/mol. The number of benzene rings is 1. The highest BCUT2D eigenvalue weighted by atomic mass is 32.1. The number of urea groups is 1. The summed E-state index contributed by atoms with van der Waals surface area (Å²) >= 11 is 1.40. The van der Waals surface area contributed by atoms with Gasteiger partial charge in [0.15, 0.2) is 5.13 Å². The summed E-state index contributed by atoms with van der Waals surface area (Å²) in [6, 6.07) is 10.0. The maximum absolute atomic E-state index is 12.5. The first-order valence-electron chi connectivity index (χ1n) is 10.1. The van der Waals surface area contributed by atoms with E-state index in [0.717, 1.165) is 31.2 Å². The number of hydrogen-bond acceptors (Lipinski definition) is 5. The summed E-state index contributed by atoms with van der Waals surface area (Å²) in [6.45, 7) is 1.92. The number of nitrogens with zero attached hydrogens (tertiary/aromatic N) is 2. The van der Waals surface area contributed by atoms with Crippen molar-refractivity contribution >= 4 is 28.4 Å². The van der Waals surface area contributed by atoms with Crippen molar-refractivity contribution in [2.75, 3.05) is 18.0 Å². The summed E-state index contributed by atoms with van der Waals surface area (Å²) in [5.74, 6) is -0.0508. The monoisotopic (exact) mass is 414 g/mol. The van der Waals surface area contributed by atoms with Gasteiger partial charge >= 0.3 is 6.03 Å². The Labute approximate surface area is 174 Å². The van der Waals surface area contributed by atoms with Crippen molar-refractivity contribution in [1.82, 2.24) is 15.6 Å². The number of hydrogen-bond donors (Lipinski definition) is 2. The van der Waals surface area contributed by atoms with E-state index in [1.165, 1.54) is 11.3 Å². The molecule has 0 unspecified atom stereocenters. The van der Waals surface area contributed by atoms with Crippen LogP contribution in [0, 0.1) is 0 Å². The average Bonchev–Trinajstić information content (AvgIpc) is 3.37. The van der Waals surface area contributed by atoms with Gasteiger partial charge in [0.2, 0.25) is 5.91 Å². The van der Waals surface area contributed by atoms with Gasteiger partial charge in [0, 0.05) is 18.5 Å². The third-order valence-electron chi connectivity index (χ3n) is 5.30. The molecule has 2 N–H and O–H groups in total. The Morgan fingerprint density at radius 1 is 1.28 bits per heavy atom. The van der Waals surface area contributed by atoms with Gasteiger partial charge in [-0.3, -0.25) is 9.69 Å². The second-order valence-corrected chi connectivity index (χ2v) is 8.31. The van der Waals surface area contributed by atoms with E-state index in [-0.39, 0.29) is 30.5 Å². The maximum Gasteiger partial charge on any atom is 0.323 e. The molecule has 154 valence electrons. The van der Waals surface area contributed by atoms with E-state index in [9.17, 15) is 9.59 Å². The molecule has 2 atom stereocenters. The van der Waals surface area contributed by atoms with Gasteiger partial charge in [-0.05, 0) is 31.2 Å². The molecule has 4 rings (SSSR count). The number of carbonyl (C=O) groups is 2. The first kappa shape index (κ1) is 19.8. The highest BCUT2D eigenvalue weighted by molar-refractivity contribution is 7.14. The molecular weight excluding hydrogens is 388 g/mol. The Hall–Kier alpha value is -2.45. The molecule has 29 heavy (non-hydrogen) atoms. The summed E-state index contributed by atoms with van der Waals surface area (Å²) in [5.41, 5.74) is 1.84. The summed E-state index contributed by atoms with van der Waals surface area (Å²) in [4.78, 5) is 30.6. The topological polar surface area (TPSA) is 83.6 Å². The number of aromatic nitrogens is 1. The molecule has 2 heterocycles. The van der Waals surface area contributed by atoms with Crippen LogP contribution < -0.4 is 15.5 Å². The van der Waals surface area contributed by atoms with Crippen molar-refractivity contribution in [2.24, 2.45) is 0 Å². The highest BCUT2D eigenvalue weighted by Crippen LogP contribution is 2.25. The van der Waals surface area contributed by atoms with Gasteiger partial charge in [0.05, 0.1) is 30.9 Å². The predicted molar refractivity (Wildman–Crippen MR) is 112 cm³/mol. The zero-order valence-electron chi connectivity index (χ0n) is 16.3. The zero-order valence-corrected chi connectivity index (χ0v) is 17.1. The number of carbonyl (C=O) groups excluding carboxylic acids is 2. The molecule has 2 aliphatic rings. The summed E-state index contributed by atoms with van der Waals surface area (Å²) in [5, 5.41) is 8.44. The summed E-state index contributed by atoms with van der Waals surface area (Å²) < 4.78 is 6.07. The second-order valence-electron chi connectivity index (χ2n) is 7.48. The van der Waals surface area contributed by atoms with Crippen LogP contribution >= 0.6 is 11.3 Å². The van der Waals surface area contributed by atoms with Crippen LogP contribution in [-0.4, -0.2) is 42.2 Å². The van der Waals surface area contributed by atoms with Crippen LogP contribution in [0.25, 0.3) is 0 Å². The Morgan fingerprint density at radius 2 is 2.14 bits per heavy atom. The van der Waals surface area contributed by atoms with Gasteiger partial charge in [-0.2, -0.15) is 0 Å². The first-order valence-corrected chi connectivity index (χ1v) is 11.0. The standard InChI is InChI=1S/C21H26N4O3S/c26-19(12-16-14-29-21(23-16)25-11-5-10-22-20(25)27)24-17-8-4-9-18(17)28-13-15-6-2-1-3-7-15/h1-3,6-7,14,17-18H,4-5,8-13H2,(H,22,27)(H,24,26)/t17-,18+/m0/s1. The molecule has 0 bridgehead atoms. The summed E-state index contributed by atoms with van der Waals surface area (Å²) in [6.07, 6.45) is 4.10. The van der Waals surface area contributed by atoms with Crippen molar-refractivity contribution in [2.45, 2.75) is 50.9 Å². The lowest BCUT2D eigenvalue weighted by atomic mass is 10.2. The van der Waals surface area contributed by atoms with Crippen LogP contribution in [0.1, 0.15) is 36.9 Å². The van der Waals surface area contributed by atoms with Gasteiger partial charge < -0.3 is 15.4 Å². The highest BCUT2D eigenvalue weighted by Gasteiger charge is 2.29. The molecule has 1 aliphatic heterocycles. The molecule has 3 amide bonds. The lowest BCUT2D eigenvalue weighted by Crippen LogP contribution is -2.46. The van der Waals surface area contributed by atoms with Crippen LogP contribution in [0.2, 0.25) is 0 Å². The quantitative estimate of drug-likeness (QED) is 0.730. The molecule has 1 saturated heterocycles. The van der Waals surface area contributed by atoms with Crippen molar-refractivity contribution in [3.8, 4) is 0 Å². The fourth-order valence-electron chi connectivity index (χ4n) is 3.80. The van der Waals surface area contributed by atoms with Crippen molar-refractivity contribution in [3.63, 3.8) is 0 Å². The van der Waals surface area contributed by atoms with Crippen LogP contribution in [0.4, 0.5) is 9.93 Å².